The lowest BCUT2D eigenvalue weighted by molar-refractivity contribution is -0.136. The fourth-order valence-electron chi connectivity index (χ4n) is 4.16. The summed E-state index contributed by atoms with van der Waals surface area (Å²) in [5.74, 6) is -0.191. The van der Waals surface area contributed by atoms with Crippen LogP contribution in [0.2, 0.25) is 0 Å². The zero-order valence-corrected chi connectivity index (χ0v) is 17.5. The number of carbonyl (C=O) groups excluding carboxylic acids is 3. The molecule has 162 valence electrons. The van der Waals surface area contributed by atoms with Gasteiger partial charge in [-0.2, -0.15) is 0 Å². The number of Topliss-reactive ketones (excluding diaryl/α,β-unsaturated/α-hetero) is 1. The van der Waals surface area contributed by atoms with Crippen LogP contribution in [0.4, 0.5) is 5.69 Å². The van der Waals surface area contributed by atoms with Crippen LogP contribution < -0.4 is 16.2 Å². The van der Waals surface area contributed by atoms with Gasteiger partial charge in [-0.3, -0.25) is 19.4 Å². The topological polar surface area (TPSA) is 103 Å². The van der Waals surface area contributed by atoms with Crippen molar-refractivity contribution < 1.29 is 14.4 Å². The van der Waals surface area contributed by atoms with Gasteiger partial charge in [0.05, 0.1) is 0 Å². The molecule has 8 heteroatoms. The van der Waals surface area contributed by atoms with E-state index >= 15 is 0 Å². The van der Waals surface area contributed by atoms with E-state index in [0.29, 0.717) is 43.6 Å². The van der Waals surface area contributed by atoms with Gasteiger partial charge >= 0.3 is 0 Å². The first-order chi connectivity index (χ1) is 15.0. The molecule has 3 N–H and O–H groups in total. The average molecular weight is 422 g/mol. The standard InChI is InChI=1S/C23H27N5O3/c1-15(29)17-4-2-6-19(12-17)25-22(30)16-7-10-28(11-8-16)23(31)21-13-20(26-27-21)18-5-3-9-24-14-18/h2-6,9,12,14,16,20-21,26-27H,7-8,10-11,13H2,1H3,(H,25,30). The fourth-order valence-corrected chi connectivity index (χ4v) is 4.16. The van der Waals surface area contributed by atoms with Gasteiger partial charge in [0.1, 0.15) is 6.04 Å². The molecule has 0 radical (unpaired) electrons. The third-order valence-electron chi connectivity index (χ3n) is 6.00. The van der Waals surface area contributed by atoms with Crippen LogP contribution in [0, 0.1) is 5.92 Å². The summed E-state index contributed by atoms with van der Waals surface area (Å²) in [7, 11) is 0. The molecule has 0 saturated carbocycles. The number of anilines is 1. The summed E-state index contributed by atoms with van der Waals surface area (Å²) in [6, 6.07) is 10.6. The van der Waals surface area contributed by atoms with Crippen molar-refractivity contribution in [3.8, 4) is 0 Å². The SMILES string of the molecule is CC(=O)c1cccc(NC(=O)C2CCN(C(=O)C3CC(c4cccnc4)NN3)CC2)c1. The third kappa shape index (κ3) is 4.98. The van der Waals surface area contributed by atoms with E-state index in [4.69, 9.17) is 0 Å². The number of benzene rings is 1. The molecule has 1 aromatic heterocycles. The van der Waals surface area contributed by atoms with Gasteiger partial charge in [-0.05, 0) is 49.9 Å². The number of hydrogen-bond acceptors (Lipinski definition) is 6. The molecule has 2 unspecified atom stereocenters. The number of aromatic nitrogens is 1. The largest absolute Gasteiger partial charge is 0.341 e. The first-order valence-electron chi connectivity index (χ1n) is 10.6. The normalized spacial score (nSPS) is 21.6. The summed E-state index contributed by atoms with van der Waals surface area (Å²) in [6.45, 7) is 2.61. The van der Waals surface area contributed by atoms with Crippen molar-refractivity contribution in [3.05, 3.63) is 59.9 Å². The van der Waals surface area contributed by atoms with Gasteiger partial charge in [-0.15, -0.1) is 0 Å². The predicted molar refractivity (Wildman–Crippen MR) is 116 cm³/mol. The zero-order valence-electron chi connectivity index (χ0n) is 17.5. The highest BCUT2D eigenvalue weighted by molar-refractivity contribution is 5.97. The van der Waals surface area contributed by atoms with E-state index in [0.717, 1.165) is 5.56 Å². The lowest BCUT2D eigenvalue weighted by atomic mass is 9.94. The van der Waals surface area contributed by atoms with E-state index in [1.54, 1.807) is 30.5 Å². The molecule has 2 aliphatic rings. The molecule has 31 heavy (non-hydrogen) atoms. The number of likely N-dealkylation sites (tertiary alicyclic amines) is 1. The second-order valence-corrected chi connectivity index (χ2v) is 8.14. The highest BCUT2D eigenvalue weighted by Gasteiger charge is 2.35. The monoisotopic (exact) mass is 421 g/mol. The number of rotatable bonds is 5. The number of piperidine rings is 1. The lowest BCUT2D eigenvalue weighted by Crippen LogP contribution is -2.49. The minimum Gasteiger partial charge on any atom is -0.341 e. The van der Waals surface area contributed by atoms with Crippen LogP contribution in [-0.4, -0.2) is 46.6 Å². The molecule has 4 rings (SSSR count). The van der Waals surface area contributed by atoms with Crippen molar-refractivity contribution in [1.29, 1.82) is 0 Å². The number of nitrogens with one attached hydrogen (secondary N) is 3. The van der Waals surface area contributed by atoms with Crippen LogP contribution in [0.3, 0.4) is 0 Å². The van der Waals surface area contributed by atoms with E-state index < -0.39 is 0 Å². The second-order valence-electron chi connectivity index (χ2n) is 8.14. The Labute approximate surface area is 181 Å². The van der Waals surface area contributed by atoms with Crippen LogP contribution in [0.15, 0.2) is 48.8 Å². The van der Waals surface area contributed by atoms with Crippen molar-refractivity contribution in [3.63, 3.8) is 0 Å². The molecule has 2 amide bonds. The van der Waals surface area contributed by atoms with E-state index in [9.17, 15) is 14.4 Å². The molecule has 1 aromatic carbocycles. The predicted octanol–water partition coefficient (Wildman–Crippen LogP) is 2.07. The fraction of sp³-hybridized carbons (Fsp3) is 0.391. The van der Waals surface area contributed by atoms with Gasteiger partial charge in [-0.25, -0.2) is 10.9 Å². The highest BCUT2D eigenvalue weighted by atomic mass is 16.2. The van der Waals surface area contributed by atoms with Gasteiger partial charge in [-0.1, -0.05) is 18.2 Å². The molecule has 2 aromatic rings. The van der Waals surface area contributed by atoms with Crippen molar-refractivity contribution in [1.82, 2.24) is 20.7 Å². The van der Waals surface area contributed by atoms with Crippen molar-refractivity contribution in [2.24, 2.45) is 5.92 Å². The molecule has 2 aliphatic heterocycles. The Hall–Kier alpha value is -3.10. The van der Waals surface area contributed by atoms with Crippen LogP contribution in [0.1, 0.15) is 48.1 Å². The summed E-state index contributed by atoms with van der Waals surface area (Å²) in [5.41, 5.74) is 8.54. The van der Waals surface area contributed by atoms with E-state index in [1.807, 2.05) is 23.2 Å². The maximum Gasteiger partial charge on any atom is 0.241 e. The Balaban J connectivity index is 1.27. The smallest absolute Gasteiger partial charge is 0.241 e. The number of amides is 2. The number of nitrogens with zero attached hydrogens (tertiary/aromatic N) is 2. The third-order valence-corrected chi connectivity index (χ3v) is 6.00. The van der Waals surface area contributed by atoms with Gasteiger partial charge < -0.3 is 10.2 Å². The van der Waals surface area contributed by atoms with E-state index in [2.05, 4.69) is 21.2 Å². The number of pyridine rings is 1. The first-order valence-corrected chi connectivity index (χ1v) is 10.6. The second kappa shape index (κ2) is 9.36. The van der Waals surface area contributed by atoms with Crippen LogP contribution >= 0.6 is 0 Å². The molecule has 3 heterocycles. The maximum absolute atomic E-state index is 12.9. The minimum absolute atomic E-state index is 0.0382. The van der Waals surface area contributed by atoms with Crippen LogP contribution in [0.5, 0.6) is 0 Å². The van der Waals surface area contributed by atoms with Crippen molar-refractivity contribution >= 4 is 23.3 Å². The maximum atomic E-state index is 12.9. The van der Waals surface area contributed by atoms with Gasteiger partial charge in [0.2, 0.25) is 11.8 Å². The summed E-state index contributed by atoms with van der Waals surface area (Å²) in [5, 5.41) is 2.91. The first kappa shape index (κ1) is 21.1. The van der Waals surface area contributed by atoms with E-state index in [1.165, 1.54) is 6.92 Å². The Morgan fingerprint density at radius 1 is 1.10 bits per heavy atom. The molecule has 0 spiro atoms. The van der Waals surface area contributed by atoms with Crippen molar-refractivity contribution in [2.45, 2.75) is 38.3 Å². The number of carbonyl (C=O) groups is 3. The molecule has 2 saturated heterocycles. The minimum atomic E-state index is -0.287. The van der Waals surface area contributed by atoms with Gasteiger partial charge in [0.25, 0.3) is 0 Å². The number of hydrazine groups is 1. The van der Waals surface area contributed by atoms with Gasteiger partial charge in [0, 0.05) is 48.7 Å². The lowest BCUT2D eigenvalue weighted by Gasteiger charge is -2.32. The number of hydrogen-bond donors (Lipinski definition) is 3. The van der Waals surface area contributed by atoms with Crippen LogP contribution in [0.25, 0.3) is 0 Å². The van der Waals surface area contributed by atoms with Crippen LogP contribution in [-0.2, 0) is 9.59 Å². The molecular weight excluding hydrogens is 394 g/mol. The number of ketones is 1. The Kier molecular flexibility index (Phi) is 6.39. The zero-order chi connectivity index (χ0) is 21.8. The molecule has 0 bridgehead atoms. The molecule has 2 fully saturated rings. The van der Waals surface area contributed by atoms with E-state index in [-0.39, 0.29) is 35.6 Å². The summed E-state index contributed by atoms with van der Waals surface area (Å²) in [6.07, 6.45) is 5.45. The highest BCUT2D eigenvalue weighted by Crippen LogP contribution is 2.25. The van der Waals surface area contributed by atoms with Crippen molar-refractivity contribution in [2.75, 3.05) is 18.4 Å². The Bertz CT molecular complexity index is 957. The summed E-state index contributed by atoms with van der Waals surface area (Å²) in [4.78, 5) is 43.1. The summed E-state index contributed by atoms with van der Waals surface area (Å²) < 4.78 is 0. The molecule has 8 nitrogen and oxygen atoms in total. The molecule has 0 aliphatic carbocycles. The Morgan fingerprint density at radius 3 is 2.61 bits per heavy atom. The average Bonchev–Trinajstić information content (AvgIpc) is 3.30. The molecule has 2 atom stereocenters. The Morgan fingerprint density at radius 2 is 1.90 bits per heavy atom. The quantitative estimate of drug-likeness (QED) is 0.639. The summed E-state index contributed by atoms with van der Waals surface area (Å²) >= 11 is 0. The van der Waals surface area contributed by atoms with Gasteiger partial charge in [0.15, 0.2) is 5.78 Å². The molecular formula is C23H27N5O3.